The van der Waals surface area contributed by atoms with E-state index < -0.39 is 0 Å². The molecule has 1 aromatic heterocycles. The molecule has 1 N–H and O–H groups in total. The summed E-state index contributed by atoms with van der Waals surface area (Å²) in [6.45, 7) is 8.51. The van der Waals surface area contributed by atoms with Crippen LogP contribution in [0.15, 0.2) is 0 Å². The van der Waals surface area contributed by atoms with E-state index in [1.54, 1.807) is 0 Å². The molecule has 0 saturated heterocycles. The Hall–Kier alpha value is -0.410. The highest BCUT2D eigenvalue weighted by Gasteiger charge is 2.05. The second kappa shape index (κ2) is 5.35. The average molecular weight is 198 g/mol. The molecule has 1 heterocycles. The fourth-order valence-corrected chi connectivity index (χ4v) is 2.30. The Morgan fingerprint density at radius 2 is 2.15 bits per heavy atom. The lowest BCUT2D eigenvalue weighted by molar-refractivity contribution is 0.676. The minimum atomic E-state index is 0.989. The summed E-state index contributed by atoms with van der Waals surface area (Å²) < 4.78 is 0. The largest absolute Gasteiger partial charge is 0.312 e. The Balaban J connectivity index is 2.53. The van der Waals surface area contributed by atoms with Gasteiger partial charge in [0.25, 0.3) is 0 Å². The highest BCUT2D eigenvalue weighted by atomic mass is 32.1. The first-order valence-electron chi connectivity index (χ1n) is 4.93. The van der Waals surface area contributed by atoms with E-state index in [4.69, 9.17) is 0 Å². The van der Waals surface area contributed by atoms with Gasteiger partial charge in [-0.3, -0.25) is 0 Å². The maximum atomic E-state index is 4.49. The highest BCUT2D eigenvalue weighted by Crippen LogP contribution is 2.17. The SMILES string of the molecule is CCCNCc1sc(C)nc1CC. The Morgan fingerprint density at radius 1 is 1.38 bits per heavy atom. The van der Waals surface area contributed by atoms with Crippen LogP contribution in [0.1, 0.15) is 35.8 Å². The van der Waals surface area contributed by atoms with Gasteiger partial charge < -0.3 is 5.32 Å². The fraction of sp³-hybridized carbons (Fsp3) is 0.700. The number of aromatic nitrogens is 1. The first kappa shape index (κ1) is 10.7. The molecule has 0 atom stereocenters. The van der Waals surface area contributed by atoms with Crippen molar-refractivity contribution in [3.8, 4) is 0 Å². The number of rotatable bonds is 5. The number of hydrogen-bond donors (Lipinski definition) is 1. The summed E-state index contributed by atoms with van der Waals surface area (Å²) >= 11 is 1.82. The second-order valence-corrected chi connectivity index (χ2v) is 4.42. The van der Waals surface area contributed by atoms with Crippen molar-refractivity contribution >= 4 is 11.3 Å². The Labute approximate surface area is 84.4 Å². The summed E-state index contributed by atoms with van der Waals surface area (Å²) in [5.41, 5.74) is 1.27. The van der Waals surface area contributed by atoms with Crippen LogP contribution in [0, 0.1) is 6.92 Å². The number of nitrogens with zero attached hydrogens (tertiary/aromatic N) is 1. The monoisotopic (exact) mass is 198 g/mol. The van der Waals surface area contributed by atoms with Crippen LogP contribution in [-0.4, -0.2) is 11.5 Å². The third-order valence-electron chi connectivity index (χ3n) is 1.93. The maximum Gasteiger partial charge on any atom is 0.0900 e. The number of aryl methyl sites for hydroxylation is 2. The molecule has 0 bridgehead atoms. The highest BCUT2D eigenvalue weighted by molar-refractivity contribution is 7.11. The zero-order chi connectivity index (χ0) is 9.68. The van der Waals surface area contributed by atoms with Gasteiger partial charge in [0, 0.05) is 11.4 Å². The fourth-order valence-electron chi connectivity index (χ4n) is 1.31. The zero-order valence-electron chi connectivity index (χ0n) is 8.68. The van der Waals surface area contributed by atoms with Crippen molar-refractivity contribution in [1.29, 1.82) is 0 Å². The second-order valence-electron chi connectivity index (χ2n) is 3.13. The van der Waals surface area contributed by atoms with E-state index in [1.165, 1.54) is 22.0 Å². The van der Waals surface area contributed by atoms with Gasteiger partial charge in [-0.2, -0.15) is 0 Å². The lowest BCUT2D eigenvalue weighted by atomic mass is 10.3. The molecule has 0 aliphatic rings. The summed E-state index contributed by atoms with van der Waals surface area (Å²) in [6.07, 6.45) is 2.24. The van der Waals surface area contributed by atoms with E-state index in [2.05, 4.69) is 31.1 Å². The molecule has 0 fully saturated rings. The van der Waals surface area contributed by atoms with Gasteiger partial charge in [-0.15, -0.1) is 11.3 Å². The molecule has 0 aromatic carbocycles. The van der Waals surface area contributed by atoms with Crippen molar-refractivity contribution < 1.29 is 0 Å². The van der Waals surface area contributed by atoms with Crippen molar-refractivity contribution in [1.82, 2.24) is 10.3 Å². The predicted octanol–water partition coefficient (Wildman–Crippen LogP) is 2.51. The van der Waals surface area contributed by atoms with Gasteiger partial charge in [0.15, 0.2) is 0 Å². The normalized spacial score (nSPS) is 10.7. The van der Waals surface area contributed by atoms with E-state index >= 15 is 0 Å². The van der Waals surface area contributed by atoms with Crippen molar-refractivity contribution in [2.75, 3.05) is 6.54 Å². The Kier molecular flexibility index (Phi) is 4.39. The van der Waals surface area contributed by atoms with Crippen LogP contribution in [-0.2, 0) is 13.0 Å². The molecule has 3 heteroatoms. The van der Waals surface area contributed by atoms with Gasteiger partial charge >= 0.3 is 0 Å². The minimum absolute atomic E-state index is 0.989. The topological polar surface area (TPSA) is 24.9 Å². The smallest absolute Gasteiger partial charge is 0.0900 e. The lowest BCUT2D eigenvalue weighted by Crippen LogP contribution is -2.13. The summed E-state index contributed by atoms with van der Waals surface area (Å²) in [5.74, 6) is 0. The van der Waals surface area contributed by atoms with Crippen LogP contribution in [0.4, 0.5) is 0 Å². The molecule has 0 aliphatic heterocycles. The summed E-state index contributed by atoms with van der Waals surface area (Å²) in [6, 6.07) is 0. The zero-order valence-corrected chi connectivity index (χ0v) is 9.50. The van der Waals surface area contributed by atoms with Gasteiger partial charge in [-0.25, -0.2) is 4.98 Å². The molecular weight excluding hydrogens is 180 g/mol. The molecule has 74 valence electrons. The molecule has 0 amide bonds. The molecule has 0 saturated carbocycles. The van der Waals surface area contributed by atoms with Crippen molar-refractivity contribution in [2.45, 2.75) is 40.2 Å². The first-order chi connectivity index (χ1) is 6.27. The average Bonchev–Trinajstić information content (AvgIpc) is 2.47. The molecular formula is C10H18N2S. The minimum Gasteiger partial charge on any atom is -0.312 e. The van der Waals surface area contributed by atoms with Gasteiger partial charge in [-0.1, -0.05) is 13.8 Å². The van der Waals surface area contributed by atoms with Crippen molar-refractivity contribution in [2.24, 2.45) is 0 Å². The molecule has 0 aliphatic carbocycles. The van der Waals surface area contributed by atoms with Crippen LogP contribution in [0.2, 0.25) is 0 Å². The number of nitrogens with one attached hydrogen (secondary N) is 1. The molecule has 13 heavy (non-hydrogen) atoms. The Bertz CT molecular complexity index is 255. The van der Waals surface area contributed by atoms with E-state index in [-0.39, 0.29) is 0 Å². The number of hydrogen-bond acceptors (Lipinski definition) is 3. The quantitative estimate of drug-likeness (QED) is 0.735. The lowest BCUT2D eigenvalue weighted by Gasteiger charge is -2.01. The first-order valence-corrected chi connectivity index (χ1v) is 5.75. The molecule has 0 spiro atoms. The molecule has 0 radical (unpaired) electrons. The third-order valence-corrected chi connectivity index (χ3v) is 2.95. The van der Waals surface area contributed by atoms with E-state index in [9.17, 15) is 0 Å². The van der Waals surface area contributed by atoms with E-state index in [1.807, 2.05) is 11.3 Å². The van der Waals surface area contributed by atoms with Crippen molar-refractivity contribution in [3.05, 3.63) is 15.6 Å². The van der Waals surface area contributed by atoms with Crippen LogP contribution in [0.3, 0.4) is 0 Å². The summed E-state index contributed by atoms with van der Waals surface area (Å²) in [5, 5.41) is 4.60. The maximum absolute atomic E-state index is 4.49. The van der Waals surface area contributed by atoms with Gasteiger partial charge in [0.05, 0.1) is 10.7 Å². The van der Waals surface area contributed by atoms with Gasteiger partial charge in [0.2, 0.25) is 0 Å². The van der Waals surface area contributed by atoms with E-state index in [0.717, 1.165) is 19.5 Å². The van der Waals surface area contributed by atoms with Crippen LogP contribution in [0.5, 0.6) is 0 Å². The third kappa shape index (κ3) is 3.08. The molecule has 0 unspecified atom stereocenters. The predicted molar refractivity (Wildman–Crippen MR) is 58.2 cm³/mol. The number of thiazole rings is 1. The van der Waals surface area contributed by atoms with E-state index in [0.29, 0.717) is 0 Å². The van der Waals surface area contributed by atoms with Crippen LogP contribution < -0.4 is 5.32 Å². The standard InChI is InChI=1S/C10H18N2S/c1-4-6-11-7-10-9(5-2)12-8(3)13-10/h11H,4-7H2,1-3H3. The molecule has 1 rings (SSSR count). The molecule has 1 aromatic rings. The van der Waals surface area contributed by atoms with Gasteiger partial charge in [-0.05, 0) is 26.3 Å². The van der Waals surface area contributed by atoms with Crippen molar-refractivity contribution in [3.63, 3.8) is 0 Å². The molecule has 2 nitrogen and oxygen atoms in total. The summed E-state index contributed by atoms with van der Waals surface area (Å²) in [7, 11) is 0. The summed E-state index contributed by atoms with van der Waals surface area (Å²) in [4.78, 5) is 5.90. The van der Waals surface area contributed by atoms with Crippen LogP contribution >= 0.6 is 11.3 Å². The van der Waals surface area contributed by atoms with Crippen LogP contribution in [0.25, 0.3) is 0 Å². The Morgan fingerprint density at radius 3 is 2.77 bits per heavy atom. The van der Waals surface area contributed by atoms with Gasteiger partial charge in [0.1, 0.15) is 0 Å².